The van der Waals surface area contributed by atoms with Crippen molar-refractivity contribution in [3.63, 3.8) is 0 Å². The van der Waals surface area contributed by atoms with Crippen molar-refractivity contribution in [2.24, 2.45) is 11.8 Å². The number of nitrogens with one attached hydrogen (secondary N) is 3. The second-order valence-corrected chi connectivity index (χ2v) is 18.6. The molecule has 6 atom stereocenters. The van der Waals surface area contributed by atoms with Gasteiger partial charge in [-0.1, -0.05) is 25.3 Å². The lowest BCUT2D eigenvalue weighted by Crippen LogP contribution is -2.60. The van der Waals surface area contributed by atoms with Crippen LogP contribution in [0.2, 0.25) is 0 Å². The number of piperidine rings is 1. The van der Waals surface area contributed by atoms with Crippen LogP contribution < -0.4 is 24.8 Å². The number of ether oxygens (including phenoxy) is 3. The largest absolute Gasteiger partial charge is 0.496 e. The van der Waals surface area contributed by atoms with E-state index in [0.29, 0.717) is 44.8 Å². The number of sulfonamides is 1. The first kappa shape index (κ1) is 39.4. The highest BCUT2D eigenvalue weighted by Crippen LogP contribution is 2.46. The topological polar surface area (TPSA) is 186 Å². The molecule has 3 N–H and O–H groups in total. The summed E-state index contributed by atoms with van der Waals surface area (Å²) >= 11 is 0. The minimum absolute atomic E-state index is 0.0247. The minimum atomic E-state index is -3.89. The van der Waals surface area contributed by atoms with Gasteiger partial charge in [0.2, 0.25) is 27.7 Å². The molecule has 3 aliphatic heterocycles. The van der Waals surface area contributed by atoms with Gasteiger partial charge in [-0.05, 0) is 92.9 Å². The number of aromatic nitrogens is 1. The fourth-order valence-electron chi connectivity index (χ4n) is 9.27. The van der Waals surface area contributed by atoms with Crippen LogP contribution >= 0.6 is 0 Å². The molecule has 308 valence electrons. The van der Waals surface area contributed by atoms with Gasteiger partial charge in [-0.15, -0.1) is 6.58 Å². The van der Waals surface area contributed by atoms with Crippen molar-refractivity contribution in [3.8, 4) is 11.6 Å². The molecule has 1 aromatic carbocycles. The summed E-state index contributed by atoms with van der Waals surface area (Å²) in [4.78, 5) is 65.0. The molecular weight excluding hydrogens is 753 g/mol. The van der Waals surface area contributed by atoms with E-state index >= 15 is 4.79 Å². The Labute approximate surface area is 333 Å². The Balaban J connectivity index is 1.14. The molecule has 15 nitrogen and oxygen atoms in total. The zero-order valence-electron chi connectivity index (χ0n) is 32.6. The van der Waals surface area contributed by atoms with E-state index in [4.69, 9.17) is 14.2 Å². The van der Waals surface area contributed by atoms with Crippen LogP contribution in [-0.4, -0.2) is 115 Å². The number of fused-ring (bicyclic) bond motifs is 5. The van der Waals surface area contributed by atoms with E-state index in [1.165, 1.54) is 11.0 Å². The standard InChI is InChI=1S/C41H54N6O9S/c1-3-28-22-41(28,39(50)45-57(52,53)31-13-14-31)44-36(48)33-21-30-24-47(33)38(49)35(25-9-5-4-6-10-25)43-40(51)46-17-7-12-29(23-46)55-18-8-11-27-19-32-26(20-34(27)54-2)15-16-42-37(32)56-30/h3,15-16,19-20,25,28-31,33,35H,1,4-14,17-18,21-24H2,2H3,(H,43,51)(H,44,48)(H,45,50)/t28-,29-,30-,33+,35+,41-/m1/s1. The molecule has 0 unspecified atom stereocenters. The number of hydrogen-bond donors (Lipinski definition) is 3. The summed E-state index contributed by atoms with van der Waals surface area (Å²) in [6.45, 7) is 5.30. The number of rotatable bonds is 8. The van der Waals surface area contributed by atoms with Crippen LogP contribution in [-0.2, 0) is 35.6 Å². The summed E-state index contributed by atoms with van der Waals surface area (Å²) in [5.74, 6) is -1.38. The average molecular weight is 807 g/mol. The monoisotopic (exact) mass is 806 g/mol. The number of amides is 5. The number of nitrogens with zero attached hydrogens (tertiary/aromatic N) is 3. The van der Waals surface area contributed by atoms with Gasteiger partial charge < -0.3 is 34.6 Å². The molecule has 8 rings (SSSR count). The van der Waals surface area contributed by atoms with Gasteiger partial charge in [-0.2, -0.15) is 0 Å². The summed E-state index contributed by atoms with van der Waals surface area (Å²) < 4.78 is 46.5. The lowest BCUT2D eigenvalue weighted by Gasteiger charge is -2.37. The molecule has 1 aromatic heterocycles. The second-order valence-electron chi connectivity index (χ2n) is 16.7. The molecule has 2 saturated heterocycles. The zero-order valence-corrected chi connectivity index (χ0v) is 33.4. The highest BCUT2D eigenvalue weighted by atomic mass is 32.2. The van der Waals surface area contributed by atoms with Gasteiger partial charge >= 0.3 is 6.03 Å². The Kier molecular flexibility index (Phi) is 11.1. The van der Waals surface area contributed by atoms with Gasteiger partial charge in [-0.3, -0.25) is 19.1 Å². The smallest absolute Gasteiger partial charge is 0.318 e. The number of urea groups is 1. The molecule has 0 radical (unpaired) electrons. The lowest BCUT2D eigenvalue weighted by molar-refractivity contribution is -0.142. The van der Waals surface area contributed by atoms with Crippen LogP contribution in [0.5, 0.6) is 11.6 Å². The second kappa shape index (κ2) is 16.1. The Bertz CT molecular complexity index is 2020. The number of hydrogen-bond acceptors (Lipinski definition) is 10. The van der Waals surface area contributed by atoms with E-state index in [1.807, 2.05) is 18.2 Å². The molecule has 6 aliphatic rings. The summed E-state index contributed by atoms with van der Waals surface area (Å²) in [5.41, 5.74) is -0.575. The maximum absolute atomic E-state index is 15.0. The van der Waals surface area contributed by atoms with Gasteiger partial charge in [-0.25, -0.2) is 18.2 Å². The molecular formula is C41H54N6O9S. The highest BCUT2D eigenvalue weighted by molar-refractivity contribution is 7.91. The molecule has 3 saturated carbocycles. The number of carbonyl (C=O) groups excluding carboxylic acids is 4. The van der Waals surface area contributed by atoms with Crippen molar-refractivity contribution < 1.29 is 41.8 Å². The van der Waals surface area contributed by atoms with E-state index in [-0.39, 0.29) is 37.4 Å². The molecule has 6 bridgehead atoms. The third-order valence-electron chi connectivity index (χ3n) is 12.8. The first-order valence-electron chi connectivity index (χ1n) is 20.6. The first-order valence-corrected chi connectivity index (χ1v) is 22.1. The summed E-state index contributed by atoms with van der Waals surface area (Å²) in [6, 6.07) is 3.51. The third-order valence-corrected chi connectivity index (χ3v) is 14.6. The summed E-state index contributed by atoms with van der Waals surface area (Å²) in [5, 5.41) is 6.97. The van der Waals surface area contributed by atoms with Crippen LogP contribution in [0.25, 0.3) is 10.8 Å². The van der Waals surface area contributed by atoms with Crippen LogP contribution in [0.1, 0.15) is 82.6 Å². The Morgan fingerprint density at radius 3 is 2.60 bits per heavy atom. The first-order chi connectivity index (χ1) is 27.5. The maximum atomic E-state index is 15.0. The number of pyridine rings is 1. The molecule has 5 fully saturated rings. The van der Waals surface area contributed by atoms with Crippen molar-refractivity contribution >= 4 is 44.5 Å². The molecule has 5 amide bonds. The molecule has 4 heterocycles. The van der Waals surface area contributed by atoms with Crippen molar-refractivity contribution in [3.05, 3.63) is 42.6 Å². The van der Waals surface area contributed by atoms with Gasteiger partial charge in [0.15, 0.2) is 0 Å². The quantitative estimate of drug-likeness (QED) is 0.335. The van der Waals surface area contributed by atoms with Crippen molar-refractivity contribution in [1.82, 2.24) is 30.1 Å². The predicted molar refractivity (Wildman–Crippen MR) is 210 cm³/mol. The number of aryl methyl sites for hydroxylation is 1. The molecule has 16 heteroatoms. The Morgan fingerprint density at radius 1 is 1.05 bits per heavy atom. The highest BCUT2D eigenvalue weighted by Gasteiger charge is 2.62. The van der Waals surface area contributed by atoms with Crippen LogP contribution in [0.15, 0.2) is 37.1 Å². The SMILES string of the molecule is C=C[C@@H]1C[C@]1(NC(=O)[C@@H]1C[C@@H]2CN1C(=O)[C@H](C1CCCCC1)NC(=O)N1CCC[C@H](C1)OCCCc1cc3c(nccc3cc1OC)O2)C(=O)NS(=O)(=O)C1CC1. The van der Waals surface area contributed by atoms with Gasteiger partial charge in [0.05, 0.1) is 25.0 Å². The van der Waals surface area contributed by atoms with Crippen molar-refractivity contribution in [2.45, 2.75) is 119 Å². The average Bonchev–Trinajstić information content (AvgIpc) is 4.15. The van der Waals surface area contributed by atoms with Crippen LogP contribution in [0, 0.1) is 11.8 Å². The number of carbonyl (C=O) groups is 4. The van der Waals surface area contributed by atoms with E-state index < -0.39 is 62.6 Å². The van der Waals surface area contributed by atoms with E-state index in [9.17, 15) is 22.8 Å². The minimum Gasteiger partial charge on any atom is -0.496 e. The summed E-state index contributed by atoms with van der Waals surface area (Å²) in [6.07, 6.45) is 10.9. The fraction of sp³-hybridized carbons (Fsp3) is 0.634. The van der Waals surface area contributed by atoms with Crippen molar-refractivity contribution in [1.29, 1.82) is 0 Å². The molecule has 3 aliphatic carbocycles. The Hall–Kier alpha value is -4.44. The zero-order chi connectivity index (χ0) is 39.9. The van der Waals surface area contributed by atoms with E-state index in [2.05, 4.69) is 26.9 Å². The fourth-order valence-corrected chi connectivity index (χ4v) is 10.6. The molecule has 57 heavy (non-hydrogen) atoms. The van der Waals surface area contributed by atoms with Gasteiger partial charge in [0.25, 0.3) is 5.91 Å². The van der Waals surface area contributed by atoms with Gasteiger partial charge in [0.1, 0.15) is 29.5 Å². The van der Waals surface area contributed by atoms with E-state index in [1.54, 1.807) is 18.2 Å². The lowest BCUT2D eigenvalue weighted by atomic mass is 9.83. The normalized spacial score (nSPS) is 30.0. The Morgan fingerprint density at radius 2 is 1.86 bits per heavy atom. The van der Waals surface area contributed by atoms with Crippen molar-refractivity contribution in [2.75, 3.05) is 33.4 Å². The maximum Gasteiger partial charge on any atom is 0.318 e. The third kappa shape index (κ3) is 8.16. The van der Waals surface area contributed by atoms with Crippen LogP contribution in [0.4, 0.5) is 4.79 Å². The molecule has 0 spiro atoms. The number of benzene rings is 1. The van der Waals surface area contributed by atoms with Crippen LogP contribution in [0.3, 0.4) is 0 Å². The predicted octanol–water partition coefficient (Wildman–Crippen LogP) is 3.35. The van der Waals surface area contributed by atoms with E-state index in [0.717, 1.165) is 73.5 Å². The van der Waals surface area contributed by atoms with Gasteiger partial charge in [0, 0.05) is 43.6 Å². The molecule has 2 aromatic rings. The summed E-state index contributed by atoms with van der Waals surface area (Å²) in [7, 11) is -2.26. The number of methoxy groups -OCH3 is 1.